The van der Waals surface area contributed by atoms with E-state index in [0.29, 0.717) is 32.8 Å². The molecule has 5 heteroatoms. The molecule has 5 nitrogen and oxygen atoms in total. The van der Waals surface area contributed by atoms with Crippen LogP contribution in [0.25, 0.3) is 0 Å². The summed E-state index contributed by atoms with van der Waals surface area (Å²) in [4.78, 5) is 28.6. The second kappa shape index (κ2) is 6.12. The average Bonchev–Trinajstić information content (AvgIpc) is 2.46. The molecule has 2 aliphatic heterocycles. The minimum Gasteiger partial charge on any atom is -0.378 e. The van der Waals surface area contributed by atoms with Crippen molar-refractivity contribution < 1.29 is 14.3 Å². The van der Waals surface area contributed by atoms with Gasteiger partial charge in [-0.3, -0.25) is 9.59 Å². The third kappa shape index (κ3) is 3.51. The van der Waals surface area contributed by atoms with E-state index < -0.39 is 0 Å². The number of hydrogen-bond donors (Lipinski definition) is 0. The van der Waals surface area contributed by atoms with Crippen LogP contribution in [-0.4, -0.2) is 61.0 Å². The summed E-state index contributed by atoms with van der Waals surface area (Å²) in [5, 5.41) is 0. The van der Waals surface area contributed by atoms with Gasteiger partial charge in [-0.1, -0.05) is 20.8 Å². The van der Waals surface area contributed by atoms with Crippen LogP contribution in [0.2, 0.25) is 0 Å². The molecule has 0 aromatic heterocycles. The summed E-state index contributed by atoms with van der Waals surface area (Å²) in [6.45, 7) is 9.78. The molecule has 0 aromatic rings. The number of carbonyl (C=O) groups is 2. The minimum atomic E-state index is -0.371. The maximum absolute atomic E-state index is 12.5. The summed E-state index contributed by atoms with van der Waals surface area (Å²) in [6.07, 6.45) is 1.81. The highest BCUT2D eigenvalue weighted by molar-refractivity contribution is 5.84. The first-order chi connectivity index (χ1) is 9.39. The van der Waals surface area contributed by atoms with Crippen molar-refractivity contribution in [3.05, 3.63) is 0 Å². The van der Waals surface area contributed by atoms with Gasteiger partial charge in [0.05, 0.1) is 19.1 Å². The quantitative estimate of drug-likeness (QED) is 0.724. The Morgan fingerprint density at radius 1 is 1.05 bits per heavy atom. The van der Waals surface area contributed by atoms with Gasteiger partial charge < -0.3 is 14.5 Å². The fourth-order valence-electron chi connectivity index (χ4n) is 2.88. The number of nitrogens with zero attached hydrogens (tertiary/aromatic N) is 2. The van der Waals surface area contributed by atoms with Gasteiger partial charge in [-0.15, -0.1) is 0 Å². The van der Waals surface area contributed by atoms with E-state index in [1.165, 1.54) is 0 Å². The average molecular weight is 282 g/mol. The molecule has 0 aromatic carbocycles. The van der Waals surface area contributed by atoms with Crippen molar-refractivity contribution in [2.24, 2.45) is 11.3 Å². The molecule has 2 rings (SSSR count). The highest BCUT2D eigenvalue weighted by atomic mass is 16.5. The zero-order valence-corrected chi connectivity index (χ0v) is 12.9. The van der Waals surface area contributed by atoms with Crippen LogP contribution < -0.4 is 0 Å². The largest absolute Gasteiger partial charge is 0.378 e. The Labute approximate surface area is 121 Å². The molecule has 0 radical (unpaired) electrons. The highest BCUT2D eigenvalue weighted by Crippen LogP contribution is 2.24. The van der Waals surface area contributed by atoms with Crippen LogP contribution in [0.4, 0.5) is 0 Å². The topological polar surface area (TPSA) is 49.9 Å². The van der Waals surface area contributed by atoms with Crippen LogP contribution in [-0.2, 0) is 14.3 Å². The van der Waals surface area contributed by atoms with Gasteiger partial charge in [0.1, 0.15) is 0 Å². The number of carbonyl (C=O) groups excluding carboxylic acids is 2. The summed E-state index contributed by atoms with van der Waals surface area (Å²) in [6, 6.07) is 0. The lowest BCUT2D eigenvalue weighted by molar-refractivity contribution is -0.147. The van der Waals surface area contributed by atoms with E-state index in [9.17, 15) is 9.59 Å². The molecule has 0 N–H and O–H groups in total. The maximum atomic E-state index is 12.5. The van der Waals surface area contributed by atoms with E-state index in [0.717, 1.165) is 19.4 Å². The molecule has 20 heavy (non-hydrogen) atoms. The molecule has 2 fully saturated rings. The smallest absolute Gasteiger partial charge is 0.227 e. The monoisotopic (exact) mass is 282 g/mol. The number of morpholine rings is 1. The van der Waals surface area contributed by atoms with E-state index >= 15 is 0 Å². The summed E-state index contributed by atoms with van der Waals surface area (Å²) in [5.41, 5.74) is -0.371. The van der Waals surface area contributed by atoms with E-state index in [-0.39, 0.29) is 23.1 Å². The molecule has 0 unspecified atom stereocenters. The zero-order chi connectivity index (χ0) is 14.8. The SMILES string of the molecule is CC(C)(C)C(=O)N1CCC[C@@H](C(=O)N2CCOCC2)C1. The molecule has 1 atom stereocenters. The molecular weight excluding hydrogens is 256 g/mol. The maximum Gasteiger partial charge on any atom is 0.227 e. The molecule has 2 saturated heterocycles. The Bertz CT molecular complexity index is 370. The number of rotatable bonds is 1. The standard InChI is InChI=1S/C15H26N2O3/c1-15(2,3)14(19)17-6-4-5-12(11-17)13(18)16-7-9-20-10-8-16/h12H,4-11H2,1-3H3/t12-/m1/s1. The van der Waals surface area contributed by atoms with Crippen molar-refractivity contribution in [3.8, 4) is 0 Å². The van der Waals surface area contributed by atoms with Crippen molar-refractivity contribution in [1.82, 2.24) is 9.80 Å². The van der Waals surface area contributed by atoms with E-state index in [1.807, 2.05) is 30.6 Å². The second-order valence-electron chi connectivity index (χ2n) is 6.78. The Kier molecular flexibility index (Phi) is 4.68. The highest BCUT2D eigenvalue weighted by Gasteiger charge is 2.35. The van der Waals surface area contributed by atoms with Gasteiger partial charge in [0.15, 0.2) is 0 Å². The summed E-state index contributed by atoms with van der Waals surface area (Å²) in [5.74, 6) is 0.310. The van der Waals surface area contributed by atoms with Crippen LogP contribution in [0.5, 0.6) is 0 Å². The number of piperidine rings is 1. The van der Waals surface area contributed by atoms with Gasteiger partial charge >= 0.3 is 0 Å². The van der Waals surface area contributed by atoms with Gasteiger partial charge in [-0.25, -0.2) is 0 Å². The fraction of sp³-hybridized carbons (Fsp3) is 0.867. The van der Waals surface area contributed by atoms with Gasteiger partial charge in [0.2, 0.25) is 11.8 Å². The minimum absolute atomic E-state index is 0.0341. The van der Waals surface area contributed by atoms with Gasteiger partial charge in [0.25, 0.3) is 0 Å². The first kappa shape index (κ1) is 15.3. The third-order valence-electron chi connectivity index (χ3n) is 4.02. The molecule has 2 amide bonds. The van der Waals surface area contributed by atoms with Crippen molar-refractivity contribution in [2.75, 3.05) is 39.4 Å². The first-order valence-corrected chi connectivity index (χ1v) is 7.55. The first-order valence-electron chi connectivity index (χ1n) is 7.55. The Morgan fingerprint density at radius 2 is 1.70 bits per heavy atom. The number of likely N-dealkylation sites (tertiary alicyclic amines) is 1. The van der Waals surface area contributed by atoms with Crippen LogP contribution in [0.15, 0.2) is 0 Å². The van der Waals surface area contributed by atoms with Crippen molar-refractivity contribution in [1.29, 1.82) is 0 Å². The molecular formula is C15H26N2O3. The van der Waals surface area contributed by atoms with Crippen molar-refractivity contribution in [3.63, 3.8) is 0 Å². The Hall–Kier alpha value is -1.10. The van der Waals surface area contributed by atoms with Crippen LogP contribution in [0.3, 0.4) is 0 Å². The lowest BCUT2D eigenvalue weighted by Gasteiger charge is -2.38. The van der Waals surface area contributed by atoms with Crippen LogP contribution >= 0.6 is 0 Å². The normalized spacial score (nSPS) is 24.6. The predicted molar refractivity (Wildman–Crippen MR) is 76.2 cm³/mol. The van der Waals surface area contributed by atoms with Crippen LogP contribution in [0.1, 0.15) is 33.6 Å². The lowest BCUT2D eigenvalue weighted by atomic mass is 9.90. The molecule has 0 aliphatic carbocycles. The summed E-state index contributed by atoms with van der Waals surface area (Å²) in [7, 11) is 0. The van der Waals surface area contributed by atoms with E-state index in [1.54, 1.807) is 0 Å². The number of ether oxygens (including phenoxy) is 1. The molecule has 2 aliphatic rings. The molecule has 114 valence electrons. The van der Waals surface area contributed by atoms with Gasteiger partial charge in [-0.05, 0) is 12.8 Å². The molecule has 0 spiro atoms. The third-order valence-corrected chi connectivity index (χ3v) is 4.02. The Balaban J connectivity index is 1.96. The van der Waals surface area contributed by atoms with Crippen molar-refractivity contribution in [2.45, 2.75) is 33.6 Å². The van der Waals surface area contributed by atoms with Crippen LogP contribution in [0, 0.1) is 11.3 Å². The second-order valence-corrected chi connectivity index (χ2v) is 6.78. The summed E-state index contributed by atoms with van der Waals surface area (Å²) >= 11 is 0. The van der Waals surface area contributed by atoms with Crippen molar-refractivity contribution >= 4 is 11.8 Å². The Morgan fingerprint density at radius 3 is 2.30 bits per heavy atom. The summed E-state index contributed by atoms with van der Waals surface area (Å²) < 4.78 is 5.28. The molecule has 0 saturated carbocycles. The van der Waals surface area contributed by atoms with E-state index in [2.05, 4.69) is 0 Å². The number of amides is 2. The van der Waals surface area contributed by atoms with Gasteiger partial charge in [-0.2, -0.15) is 0 Å². The lowest BCUT2D eigenvalue weighted by Crippen LogP contribution is -2.51. The van der Waals surface area contributed by atoms with Gasteiger partial charge in [0, 0.05) is 31.6 Å². The number of hydrogen-bond acceptors (Lipinski definition) is 3. The predicted octanol–water partition coefficient (Wildman–Crippen LogP) is 1.13. The van der Waals surface area contributed by atoms with E-state index in [4.69, 9.17) is 4.74 Å². The zero-order valence-electron chi connectivity index (χ0n) is 12.9. The molecule has 2 heterocycles. The molecule has 0 bridgehead atoms. The fourth-order valence-corrected chi connectivity index (χ4v) is 2.88.